The number of carbonyl (C=O) groups is 1. The molecule has 2 aliphatic rings. The van der Waals surface area contributed by atoms with Gasteiger partial charge in [0.1, 0.15) is 0 Å². The molecular weight excluding hydrogens is 200 g/mol. The van der Waals surface area contributed by atoms with E-state index in [0.717, 1.165) is 5.56 Å². The van der Waals surface area contributed by atoms with E-state index in [1.54, 1.807) is 23.1 Å². The van der Waals surface area contributed by atoms with Gasteiger partial charge < -0.3 is 0 Å². The predicted molar refractivity (Wildman–Crippen MR) is 56.2 cm³/mol. The Morgan fingerprint density at radius 1 is 1.54 bits per heavy atom. The Balaban J connectivity index is 2.26. The predicted octanol–water partition coefficient (Wildman–Crippen LogP) is 3.25. The monoisotopic (exact) mass is 208 g/mol. The van der Waals surface area contributed by atoms with Gasteiger partial charge in [0.15, 0.2) is 5.78 Å². The van der Waals surface area contributed by atoms with Crippen molar-refractivity contribution >= 4 is 28.9 Å². The maximum Gasteiger partial charge on any atom is 0.175 e. The van der Waals surface area contributed by atoms with Gasteiger partial charge >= 0.3 is 0 Å². The maximum absolute atomic E-state index is 12.0. The van der Waals surface area contributed by atoms with Crippen LogP contribution in [-0.4, -0.2) is 5.78 Å². The average Bonchev–Trinajstić information content (AvgIpc) is 2.71. The Labute approximate surface area is 84.8 Å². The lowest BCUT2D eigenvalue weighted by molar-refractivity contribution is 0.0892. The van der Waals surface area contributed by atoms with Gasteiger partial charge in [0, 0.05) is 10.4 Å². The first-order valence-electron chi connectivity index (χ1n) is 4.19. The summed E-state index contributed by atoms with van der Waals surface area (Å²) >= 11 is 3.48. The molecule has 13 heavy (non-hydrogen) atoms. The third kappa shape index (κ3) is 0.771. The molecule has 1 aromatic rings. The smallest absolute Gasteiger partial charge is 0.175 e. The quantitative estimate of drug-likeness (QED) is 0.651. The van der Waals surface area contributed by atoms with Crippen molar-refractivity contribution in [3.8, 4) is 0 Å². The number of thioether (sulfide) groups is 1. The Morgan fingerprint density at radius 3 is 3.23 bits per heavy atom. The molecule has 0 bridgehead atoms. The van der Waals surface area contributed by atoms with Gasteiger partial charge in [-0.15, -0.1) is 23.1 Å². The molecule has 3 rings (SSSR count). The van der Waals surface area contributed by atoms with E-state index in [0.29, 0.717) is 11.0 Å². The minimum atomic E-state index is -0.243. The molecule has 2 atom stereocenters. The lowest BCUT2D eigenvalue weighted by Gasteiger charge is -2.19. The molecule has 1 nitrogen and oxygen atoms in total. The Hall–Kier alpha value is -0.540. The van der Waals surface area contributed by atoms with E-state index in [2.05, 4.69) is 11.5 Å². The highest BCUT2D eigenvalue weighted by molar-refractivity contribution is 8.02. The van der Waals surface area contributed by atoms with Crippen LogP contribution in [0.5, 0.6) is 0 Å². The van der Waals surface area contributed by atoms with Crippen LogP contribution >= 0.6 is 23.1 Å². The fourth-order valence-electron chi connectivity index (χ4n) is 2.02. The molecule has 1 aromatic heterocycles. The summed E-state index contributed by atoms with van der Waals surface area (Å²) in [6.45, 7) is 2.04. The summed E-state index contributed by atoms with van der Waals surface area (Å²) in [5.41, 5.74) is 0.710. The van der Waals surface area contributed by atoms with E-state index in [9.17, 15) is 4.79 Å². The van der Waals surface area contributed by atoms with Crippen LogP contribution in [0, 0.1) is 5.41 Å². The second kappa shape index (κ2) is 2.28. The standard InChI is InChI=1S/C10H8OS2/c1-10-3-5-13-9(10)7-6(8(10)11)2-4-12-7/h2-5,9H,1H3. The summed E-state index contributed by atoms with van der Waals surface area (Å²) < 4.78 is 0. The molecule has 0 fully saturated rings. The SMILES string of the molecule is CC12C=CSC1c1sccc1C2=O. The van der Waals surface area contributed by atoms with Gasteiger partial charge in [-0.2, -0.15) is 0 Å². The third-order valence-corrected chi connectivity index (χ3v) is 5.26. The molecule has 66 valence electrons. The van der Waals surface area contributed by atoms with Crippen molar-refractivity contribution in [3.63, 3.8) is 0 Å². The molecule has 0 spiro atoms. The normalized spacial score (nSPS) is 35.2. The number of allylic oxidation sites excluding steroid dienone is 1. The first kappa shape index (κ1) is 7.83. The fourth-order valence-corrected chi connectivity index (χ4v) is 4.60. The lowest BCUT2D eigenvalue weighted by atomic mass is 9.86. The summed E-state index contributed by atoms with van der Waals surface area (Å²) in [4.78, 5) is 13.3. The Morgan fingerprint density at radius 2 is 2.38 bits per heavy atom. The number of hydrogen-bond acceptors (Lipinski definition) is 3. The molecule has 1 aliphatic heterocycles. The molecule has 0 aromatic carbocycles. The van der Waals surface area contributed by atoms with Crippen molar-refractivity contribution in [2.45, 2.75) is 12.2 Å². The summed E-state index contributed by atoms with van der Waals surface area (Å²) in [5, 5.41) is 4.43. The molecule has 0 saturated heterocycles. The topological polar surface area (TPSA) is 17.1 Å². The minimum Gasteiger partial charge on any atom is -0.293 e. The molecule has 0 N–H and O–H groups in total. The van der Waals surface area contributed by atoms with Gasteiger partial charge in [0.05, 0.1) is 10.7 Å². The molecule has 2 unspecified atom stereocenters. The third-order valence-electron chi connectivity index (χ3n) is 2.84. The zero-order valence-electron chi connectivity index (χ0n) is 7.11. The Bertz CT molecular complexity index is 418. The number of thiophene rings is 1. The van der Waals surface area contributed by atoms with Crippen molar-refractivity contribution in [1.82, 2.24) is 0 Å². The van der Waals surface area contributed by atoms with Crippen LogP contribution in [-0.2, 0) is 0 Å². The second-order valence-corrected chi connectivity index (χ2v) is 5.59. The largest absolute Gasteiger partial charge is 0.293 e. The highest BCUT2D eigenvalue weighted by Gasteiger charge is 2.51. The van der Waals surface area contributed by atoms with Crippen LogP contribution < -0.4 is 0 Å². The lowest BCUT2D eigenvalue weighted by Crippen LogP contribution is -2.21. The van der Waals surface area contributed by atoms with Gasteiger partial charge in [0.2, 0.25) is 0 Å². The van der Waals surface area contributed by atoms with E-state index >= 15 is 0 Å². The van der Waals surface area contributed by atoms with E-state index in [4.69, 9.17) is 0 Å². The highest BCUT2D eigenvalue weighted by Crippen LogP contribution is 2.59. The van der Waals surface area contributed by atoms with E-state index < -0.39 is 0 Å². The van der Waals surface area contributed by atoms with E-state index in [1.807, 2.05) is 18.4 Å². The van der Waals surface area contributed by atoms with Gasteiger partial charge in [-0.3, -0.25) is 4.79 Å². The summed E-state index contributed by atoms with van der Waals surface area (Å²) in [6.07, 6.45) is 2.05. The Kier molecular flexibility index (Phi) is 1.37. The number of hydrogen-bond donors (Lipinski definition) is 0. The number of fused-ring (bicyclic) bond motifs is 3. The van der Waals surface area contributed by atoms with Gasteiger partial charge in [-0.25, -0.2) is 0 Å². The van der Waals surface area contributed by atoms with Gasteiger partial charge in [-0.05, 0) is 23.8 Å². The zero-order chi connectivity index (χ0) is 9.05. The average molecular weight is 208 g/mol. The maximum atomic E-state index is 12.0. The van der Waals surface area contributed by atoms with Crippen molar-refractivity contribution in [1.29, 1.82) is 0 Å². The molecule has 2 heterocycles. The van der Waals surface area contributed by atoms with Crippen LogP contribution in [0.15, 0.2) is 22.9 Å². The van der Waals surface area contributed by atoms with Crippen molar-refractivity contribution in [2.75, 3.05) is 0 Å². The molecule has 0 radical (unpaired) electrons. The highest BCUT2D eigenvalue weighted by atomic mass is 32.2. The number of carbonyl (C=O) groups excluding carboxylic acids is 1. The summed E-state index contributed by atoms with van der Waals surface area (Å²) in [6, 6.07) is 1.96. The van der Waals surface area contributed by atoms with E-state index in [1.165, 1.54) is 4.88 Å². The molecule has 1 aliphatic carbocycles. The van der Waals surface area contributed by atoms with Crippen LogP contribution in [0.3, 0.4) is 0 Å². The number of Topliss-reactive ketones (excluding diaryl/α,β-unsaturated/α-hetero) is 1. The van der Waals surface area contributed by atoms with Crippen LogP contribution in [0.25, 0.3) is 0 Å². The fraction of sp³-hybridized carbons (Fsp3) is 0.300. The van der Waals surface area contributed by atoms with Crippen LogP contribution in [0.2, 0.25) is 0 Å². The van der Waals surface area contributed by atoms with Gasteiger partial charge in [-0.1, -0.05) is 6.08 Å². The zero-order valence-corrected chi connectivity index (χ0v) is 8.74. The minimum absolute atomic E-state index is 0.243. The van der Waals surface area contributed by atoms with E-state index in [-0.39, 0.29) is 5.41 Å². The second-order valence-electron chi connectivity index (χ2n) is 3.63. The van der Waals surface area contributed by atoms with Crippen molar-refractivity contribution in [3.05, 3.63) is 33.4 Å². The summed E-state index contributed by atoms with van der Waals surface area (Å²) in [5.74, 6) is 0.301. The molecular formula is C10H8OS2. The first-order chi connectivity index (χ1) is 6.23. The molecule has 0 amide bonds. The van der Waals surface area contributed by atoms with Crippen LogP contribution in [0.1, 0.15) is 27.4 Å². The molecule has 3 heteroatoms. The molecule has 0 saturated carbocycles. The van der Waals surface area contributed by atoms with Crippen molar-refractivity contribution in [2.24, 2.45) is 5.41 Å². The van der Waals surface area contributed by atoms with Crippen LogP contribution in [0.4, 0.5) is 0 Å². The first-order valence-corrected chi connectivity index (χ1v) is 6.01. The number of rotatable bonds is 0. The van der Waals surface area contributed by atoms with Gasteiger partial charge in [0.25, 0.3) is 0 Å². The summed E-state index contributed by atoms with van der Waals surface area (Å²) in [7, 11) is 0. The number of ketones is 1. The van der Waals surface area contributed by atoms with Crippen molar-refractivity contribution < 1.29 is 4.79 Å².